The van der Waals surface area contributed by atoms with Crippen LogP contribution in [-0.2, 0) is 25.5 Å². The largest absolute Gasteiger partial charge is 0.467 e. The second kappa shape index (κ2) is 5.64. The topological polar surface area (TPSA) is 92.4 Å². The number of carbonyl (C=O) groups excluding carboxylic acids is 3. The van der Waals surface area contributed by atoms with Gasteiger partial charge in [0.1, 0.15) is 6.04 Å². The highest BCUT2D eigenvalue weighted by Crippen LogP contribution is 2.18. The Morgan fingerprint density at radius 3 is 2.68 bits per heavy atom. The minimum absolute atomic E-state index is 0.185. The summed E-state index contributed by atoms with van der Waals surface area (Å²) in [5.41, 5.74) is 0.668. The summed E-state index contributed by atoms with van der Waals surface area (Å²) >= 11 is 0. The maximum atomic E-state index is 11.9. The number of esters is 1. The van der Waals surface area contributed by atoms with Crippen LogP contribution >= 0.6 is 0 Å². The summed E-state index contributed by atoms with van der Waals surface area (Å²) in [6.45, 7) is 0. The van der Waals surface area contributed by atoms with E-state index in [1.807, 2.05) is 0 Å². The number of aromatic amines is 1. The summed E-state index contributed by atoms with van der Waals surface area (Å²) in [4.78, 5) is 43.3. The quantitative estimate of drug-likeness (QED) is 0.612. The Morgan fingerprint density at radius 1 is 1.47 bits per heavy atom. The molecule has 0 aromatic carbocycles. The van der Waals surface area contributed by atoms with Crippen molar-refractivity contribution in [1.82, 2.24) is 14.9 Å². The number of rotatable bonds is 4. The van der Waals surface area contributed by atoms with Crippen LogP contribution in [0.3, 0.4) is 0 Å². The number of piperidine rings is 1. The molecule has 2 heterocycles. The fraction of sp³-hybridized carbons (Fsp3) is 0.500. The van der Waals surface area contributed by atoms with Crippen molar-refractivity contribution in [3.63, 3.8) is 0 Å². The minimum Gasteiger partial charge on any atom is -0.467 e. The van der Waals surface area contributed by atoms with E-state index in [1.165, 1.54) is 13.4 Å². The van der Waals surface area contributed by atoms with E-state index in [1.54, 1.807) is 6.20 Å². The molecule has 0 aliphatic carbocycles. The number of methoxy groups -OCH3 is 1. The fourth-order valence-electron chi connectivity index (χ4n) is 2.14. The van der Waals surface area contributed by atoms with Gasteiger partial charge in [-0.25, -0.2) is 9.78 Å². The van der Waals surface area contributed by atoms with Crippen LogP contribution in [0.15, 0.2) is 12.5 Å². The van der Waals surface area contributed by atoms with E-state index in [9.17, 15) is 14.4 Å². The molecule has 19 heavy (non-hydrogen) atoms. The standard InChI is InChI=1S/C12H15N3O4/c1-19-12(18)9(5-8-6-13-7-14-8)15-10(16)3-2-4-11(15)17/h6-7,9H,2-5H2,1H3,(H,13,14). The molecule has 1 N–H and O–H groups in total. The first-order valence-electron chi connectivity index (χ1n) is 6.03. The summed E-state index contributed by atoms with van der Waals surface area (Å²) in [5, 5.41) is 0. The van der Waals surface area contributed by atoms with E-state index in [2.05, 4.69) is 9.97 Å². The fourth-order valence-corrected chi connectivity index (χ4v) is 2.14. The summed E-state index contributed by atoms with van der Waals surface area (Å²) < 4.78 is 4.69. The Hall–Kier alpha value is -2.18. The van der Waals surface area contributed by atoms with Crippen molar-refractivity contribution in [1.29, 1.82) is 0 Å². The number of imide groups is 1. The number of hydrogen-bond acceptors (Lipinski definition) is 5. The van der Waals surface area contributed by atoms with Gasteiger partial charge in [-0.2, -0.15) is 0 Å². The third-order valence-electron chi connectivity index (χ3n) is 3.07. The number of nitrogens with one attached hydrogen (secondary N) is 1. The Balaban J connectivity index is 2.23. The highest BCUT2D eigenvalue weighted by Gasteiger charge is 2.37. The van der Waals surface area contributed by atoms with Gasteiger partial charge < -0.3 is 9.72 Å². The van der Waals surface area contributed by atoms with E-state index in [0.29, 0.717) is 12.1 Å². The van der Waals surface area contributed by atoms with Gasteiger partial charge in [-0.1, -0.05) is 0 Å². The van der Waals surface area contributed by atoms with Crippen molar-refractivity contribution >= 4 is 17.8 Å². The van der Waals surface area contributed by atoms with Gasteiger partial charge in [0.2, 0.25) is 11.8 Å². The maximum Gasteiger partial charge on any atom is 0.329 e. The molecule has 1 aromatic heterocycles. The minimum atomic E-state index is -0.925. The molecule has 7 heteroatoms. The van der Waals surface area contributed by atoms with Gasteiger partial charge >= 0.3 is 5.97 Å². The lowest BCUT2D eigenvalue weighted by Gasteiger charge is -2.30. The van der Waals surface area contributed by atoms with Gasteiger partial charge in [0.25, 0.3) is 0 Å². The number of imidazole rings is 1. The Labute approximate surface area is 109 Å². The molecule has 0 radical (unpaired) electrons. The van der Waals surface area contributed by atoms with Gasteiger partial charge in [0.15, 0.2) is 0 Å². The average Bonchev–Trinajstić information content (AvgIpc) is 2.89. The maximum absolute atomic E-state index is 11.9. The Morgan fingerprint density at radius 2 is 2.16 bits per heavy atom. The number of likely N-dealkylation sites (tertiary alicyclic amines) is 1. The van der Waals surface area contributed by atoms with Gasteiger partial charge in [-0.15, -0.1) is 0 Å². The molecule has 0 bridgehead atoms. The van der Waals surface area contributed by atoms with E-state index >= 15 is 0 Å². The number of amides is 2. The van der Waals surface area contributed by atoms with Crippen molar-refractivity contribution in [2.24, 2.45) is 0 Å². The average molecular weight is 265 g/mol. The molecule has 1 saturated heterocycles. The third-order valence-corrected chi connectivity index (χ3v) is 3.07. The van der Waals surface area contributed by atoms with Crippen LogP contribution in [0.2, 0.25) is 0 Å². The summed E-state index contributed by atoms with van der Waals surface area (Å²) in [6.07, 6.45) is 4.30. The van der Waals surface area contributed by atoms with Crippen LogP contribution in [-0.4, -0.2) is 45.8 Å². The molecule has 0 spiro atoms. The molecule has 1 unspecified atom stereocenters. The number of ether oxygens (including phenoxy) is 1. The van der Waals surface area contributed by atoms with E-state index in [0.717, 1.165) is 4.90 Å². The SMILES string of the molecule is COC(=O)C(Cc1cnc[nH]1)N1C(=O)CCCC1=O. The van der Waals surface area contributed by atoms with Crippen molar-refractivity contribution in [2.45, 2.75) is 31.7 Å². The highest BCUT2D eigenvalue weighted by atomic mass is 16.5. The predicted octanol–water partition coefficient (Wildman–Crippen LogP) is 0.0329. The number of aromatic nitrogens is 2. The van der Waals surface area contributed by atoms with Gasteiger partial charge in [-0.05, 0) is 6.42 Å². The number of H-pyrrole nitrogens is 1. The molecule has 1 atom stereocenters. The molecule has 1 aromatic rings. The van der Waals surface area contributed by atoms with Gasteiger partial charge in [-0.3, -0.25) is 14.5 Å². The molecule has 1 fully saturated rings. The van der Waals surface area contributed by atoms with Crippen molar-refractivity contribution in [3.8, 4) is 0 Å². The van der Waals surface area contributed by atoms with Crippen LogP contribution < -0.4 is 0 Å². The van der Waals surface area contributed by atoms with Crippen molar-refractivity contribution < 1.29 is 19.1 Å². The molecule has 102 valence electrons. The van der Waals surface area contributed by atoms with Crippen LogP contribution in [0.1, 0.15) is 25.0 Å². The molecule has 1 aliphatic rings. The molecule has 0 saturated carbocycles. The molecule has 7 nitrogen and oxygen atoms in total. The first-order valence-corrected chi connectivity index (χ1v) is 6.03. The lowest BCUT2D eigenvalue weighted by molar-refractivity contribution is -0.161. The second-order valence-electron chi connectivity index (χ2n) is 4.33. The summed E-state index contributed by atoms with van der Waals surface area (Å²) in [7, 11) is 1.24. The first-order chi connectivity index (χ1) is 9.13. The summed E-state index contributed by atoms with van der Waals surface area (Å²) in [6, 6.07) is -0.925. The zero-order valence-electron chi connectivity index (χ0n) is 10.6. The molecular formula is C12H15N3O4. The first kappa shape index (κ1) is 13.3. The molecule has 1 aliphatic heterocycles. The Kier molecular flexibility index (Phi) is 3.94. The number of carbonyl (C=O) groups is 3. The van der Waals surface area contributed by atoms with Crippen LogP contribution in [0.25, 0.3) is 0 Å². The van der Waals surface area contributed by atoms with E-state index in [4.69, 9.17) is 4.74 Å². The van der Waals surface area contributed by atoms with Crippen molar-refractivity contribution in [2.75, 3.05) is 7.11 Å². The summed E-state index contributed by atoms with van der Waals surface area (Å²) in [5.74, 6) is -1.25. The lowest BCUT2D eigenvalue weighted by Crippen LogP contribution is -2.52. The van der Waals surface area contributed by atoms with E-state index < -0.39 is 12.0 Å². The number of nitrogens with zero attached hydrogens (tertiary/aromatic N) is 2. The predicted molar refractivity (Wildman–Crippen MR) is 63.8 cm³/mol. The molecule has 2 rings (SSSR count). The van der Waals surface area contributed by atoms with Gasteiger partial charge in [0, 0.05) is 31.2 Å². The van der Waals surface area contributed by atoms with Crippen molar-refractivity contribution in [3.05, 3.63) is 18.2 Å². The number of hydrogen-bond donors (Lipinski definition) is 1. The van der Waals surface area contributed by atoms with Gasteiger partial charge in [0.05, 0.1) is 13.4 Å². The van der Waals surface area contributed by atoms with Crippen LogP contribution in [0.5, 0.6) is 0 Å². The molecular weight excluding hydrogens is 250 g/mol. The zero-order chi connectivity index (χ0) is 13.8. The van der Waals surface area contributed by atoms with E-state index in [-0.39, 0.29) is 31.1 Å². The normalized spacial score (nSPS) is 17.4. The third kappa shape index (κ3) is 2.81. The van der Waals surface area contributed by atoms with Crippen LogP contribution in [0, 0.1) is 0 Å². The monoisotopic (exact) mass is 265 g/mol. The smallest absolute Gasteiger partial charge is 0.329 e. The molecule has 2 amide bonds. The lowest BCUT2D eigenvalue weighted by atomic mass is 10.0. The highest BCUT2D eigenvalue weighted by molar-refractivity contribution is 6.01. The van der Waals surface area contributed by atoms with Crippen LogP contribution in [0.4, 0.5) is 0 Å². The zero-order valence-corrected chi connectivity index (χ0v) is 10.6. The second-order valence-corrected chi connectivity index (χ2v) is 4.33. The Bertz CT molecular complexity index is 467.